The zero-order valence-corrected chi connectivity index (χ0v) is 65.0. The third-order valence-electron chi connectivity index (χ3n) is 18.3. The van der Waals surface area contributed by atoms with E-state index >= 15 is 0 Å². The van der Waals surface area contributed by atoms with E-state index in [0.29, 0.717) is 25.7 Å². The molecule has 576 valence electrons. The number of ether oxygens (including phenoxy) is 4. The molecule has 0 heterocycles. The molecule has 0 aromatic rings. The van der Waals surface area contributed by atoms with Crippen LogP contribution < -0.4 is 0 Å². The van der Waals surface area contributed by atoms with Crippen molar-refractivity contribution in [1.29, 1.82) is 0 Å². The predicted octanol–water partition coefficient (Wildman–Crippen LogP) is 23.3. The average Bonchev–Trinajstić information content (AvgIpc) is 3.76. The molecular formula is C78H152O17P2. The molecule has 0 saturated heterocycles. The number of unbranched alkanes of at least 4 members (excludes halogenated alkanes) is 50. The van der Waals surface area contributed by atoms with Gasteiger partial charge in [-0.15, -0.1) is 0 Å². The van der Waals surface area contributed by atoms with Crippen molar-refractivity contribution < 1.29 is 80.2 Å². The van der Waals surface area contributed by atoms with E-state index in [2.05, 4.69) is 34.6 Å². The molecule has 0 aliphatic heterocycles. The van der Waals surface area contributed by atoms with Gasteiger partial charge in [-0.05, 0) is 31.6 Å². The summed E-state index contributed by atoms with van der Waals surface area (Å²) >= 11 is 0. The maximum atomic E-state index is 13.1. The number of phosphoric acid groups is 2. The zero-order chi connectivity index (χ0) is 71.2. The third kappa shape index (κ3) is 72.2. The summed E-state index contributed by atoms with van der Waals surface area (Å²) in [7, 11) is -9.91. The predicted molar refractivity (Wildman–Crippen MR) is 395 cm³/mol. The highest BCUT2D eigenvalue weighted by atomic mass is 31.2. The van der Waals surface area contributed by atoms with Crippen molar-refractivity contribution >= 4 is 39.5 Å². The number of hydrogen-bond donors (Lipinski definition) is 3. The first-order chi connectivity index (χ1) is 47.0. The first kappa shape index (κ1) is 95.1. The molecule has 97 heavy (non-hydrogen) atoms. The largest absolute Gasteiger partial charge is 0.472 e. The molecule has 0 rings (SSSR count). The topological polar surface area (TPSA) is 237 Å². The lowest BCUT2D eigenvalue weighted by molar-refractivity contribution is -0.161. The second kappa shape index (κ2) is 71.1. The molecule has 0 radical (unpaired) electrons. The van der Waals surface area contributed by atoms with E-state index in [1.165, 1.54) is 231 Å². The summed E-state index contributed by atoms with van der Waals surface area (Å²) in [5.41, 5.74) is 0. The van der Waals surface area contributed by atoms with Crippen LogP contribution in [0.25, 0.3) is 0 Å². The van der Waals surface area contributed by atoms with Crippen molar-refractivity contribution in [2.45, 2.75) is 432 Å². The van der Waals surface area contributed by atoms with Gasteiger partial charge in [0.1, 0.15) is 19.3 Å². The minimum absolute atomic E-state index is 0.105. The zero-order valence-electron chi connectivity index (χ0n) is 63.2. The standard InChI is InChI=1S/C78H152O17P2/c1-6-9-12-15-18-21-23-25-27-29-30-31-32-33-34-36-38-40-42-48-53-58-63-77(82)94-74(68-89-76(81)62-57-52-47-41-39-37-35-28-26-24-22-19-16-13-10-7-2)70-93-97(86,87)91-66-72(79)65-90-96(84,85)92-69-73(67-88-75(80)61-56-51-46-20-17-14-11-8-3)95-78(83)64-59-54-49-44-43-45-50-55-60-71(4)5/h71-74,79H,6-70H2,1-5H3,(H,84,85)(H,86,87)/t72-,73+,74+/m0/s1. The molecule has 17 nitrogen and oxygen atoms in total. The summed E-state index contributed by atoms with van der Waals surface area (Å²) < 4.78 is 68.5. The van der Waals surface area contributed by atoms with Crippen LogP contribution >= 0.6 is 15.6 Å². The number of carbonyl (C=O) groups is 4. The molecule has 0 bridgehead atoms. The van der Waals surface area contributed by atoms with Crippen LogP contribution in [0.4, 0.5) is 0 Å². The van der Waals surface area contributed by atoms with Crippen molar-refractivity contribution in [2.75, 3.05) is 39.6 Å². The van der Waals surface area contributed by atoms with E-state index in [-0.39, 0.29) is 25.7 Å². The van der Waals surface area contributed by atoms with Crippen LogP contribution in [0.1, 0.15) is 413 Å². The van der Waals surface area contributed by atoms with Crippen molar-refractivity contribution in [3.8, 4) is 0 Å². The summed E-state index contributed by atoms with van der Waals surface area (Å²) in [4.78, 5) is 72.7. The first-order valence-corrected chi connectivity index (χ1v) is 43.6. The first-order valence-electron chi connectivity index (χ1n) is 40.6. The van der Waals surface area contributed by atoms with Gasteiger partial charge in [0.25, 0.3) is 0 Å². The highest BCUT2D eigenvalue weighted by Crippen LogP contribution is 2.45. The molecule has 0 aliphatic rings. The Morgan fingerprint density at radius 2 is 0.474 bits per heavy atom. The highest BCUT2D eigenvalue weighted by molar-refractivity contribution is 7.47. The number of hydrogen-bond acceptors (Lipinski definition) is 15. The van der Waals surface area contributed by atoms with Crippen molar-refractivity contribution in [3.05, 3.63) is 0 Å². The Morgan fingerprint density at radius 3 is 0.701 bits per heavy atom. The molecule has 3 N–H and O–H groups in total. The van der Waals surface area contributed by atoms with Gasteiger partial charge in [-0.1, -0.05) is 362 Å². The average molecular weight is 1420 g/mol. The number of phosphoric ester groups is 2. The fourth-order valence-electron chi connectivity index (χ4n) is 12.1. The van der Waals surface area contributed by atoms with Gasteiger partial charge in [0.15, 0.2) is 12.2 Å². The van der Waals surface area contributed by atoms with E-state index in [9.17, 15) is 43.2 Å². The quantitative estimate of drug-likeness (QED) is 0.0222. The van der Waals surface area contributed by atoms with Gasteiger partial charge >= 0.3 is 39.5 Å². The molecule has 0 amide bonds. The maximum Gasteiger partial charge on any atom is 0.472 e. The fourth-order valence-corrected chi connectivity index (χ4v) is 13.6. The number of aliphatic hydroxyl groups is 1. The molecule has 0 aliphatic carbocycles. The lowest BCUT2D eigenvalue weighted by Crippen LogP contribution is -2.30. The smallest absolute Gasteiger partial charge is 0.462 e. The van der Waals surface area contributed by atoms with Crippen LogP contribution in [0, 0.1) is 5.92 Å². The van der Waals surface area contributed by atoms with Gasteiger partial charge in [-0.3, -0.25) is 37.3 Å². The van der Waals surface area contributed by atoms with Gasteiger partial charge in [0, 0.05) is 25.7 Å². The summed E-state index contributed by atoms with van der Waals surface area (Å²) in [6.45, 7) is 7.23. The molecule has 0 saturated carbocycles. The Labute approximate surface area is 594 Å². The third-order valence-corrected chi connectivity index (χ3v) is 20.2. The fraction of sp³-hybridized carbons (Fsp3) is 0.949. The summed E-state index contributed by atoms with van der Waals surface area (Å²) in [5, 5.41) is 10.6. The summed E-state index contributed by atoms with van der Waals surface area (Å²) in [6.07, 6.45) is 61.4. The van der Waals surface area contributed by atoms with Crippen LogP contribution in [0.15, 0.2) is 0 Å². The number of rotatable bonds is 78. The summed E-state index contributed by atoms with van der Waals surface area (Å²) in [5.74, 6) is -1.40. The van der Waals surface area contributed by atoms with Gasteiger partial charge in [0.2, 0.25) is 0 Å². The van der Waals surface area contributed by atoms with Crippen molar-refractivity contribution in [3.63, 3.8) is 0 Å². The van der Waals surface area contributed by atoms with E-state index in [1.807, 2.05) is 0 Å². The second-order valence-electron chi connectivity index (χ2n) is 28.6. The van der Waals surface area contributed by atoms with Crippen molar-refractivity contribution in [1.82, 2.24) is 0 Å². The molecule has 0 fully saturated rings. The van der Waals surface area contributed by atoms with E-state index in [1.54, 1.807) is 0 Å². The molecule has 0 spiro atoms. The van der Waals surface area contributed by atoms with Gasteiger partial charge in [-0.25, -0.2) is 9.13 Å². The minimum atomic E-state index is -4.96. The highest BCUT2D eigenvalue weighted by Gasteiger charge is 2.30. The number of esters is 4. The van der Waals surface area contributed by atoms with Gasteiger partial charge in [0.05, 0.1) is 26.4 Å². The SMILES string of the molecule is CCCCCCCCCCCCCCCCCCCCCCCCC(=O)O[C@H](COC(=O)CCCCCCCCCCCCCCCCCC)COP(=O)(O)OC[C@@H](O)COP(=O)(O)OC[C@@H](COC(=O)CCCCCCCCCC)OC(=O)CCCCCCCCCCC(C)C. The summed E-state index contributed by atoms with van der Waals surface area (Å²) in [6, 6.07) is 0. The molecule has 5 atom stereocenters. The van der Waals surface area contributed by atoms with E-state index in [0.717, 1.165) is 102 Å². The van der Waals surface area contributed by atoms with Crippen LogP contribution in [0.5, 0.6) is 0 Å². The Kier molecular flexibility index (Phi) is 69.6. The lowest BCUT2D eigenvalue weighted by atomic mass is 10.0. The number of carbonyl (C=O) groups excluding carboxylic acids is 4. The number of aliphatic hydroxyl groups excluding tert-OH is 1. The van der Waals surface area contributed by atoms with Crippen LogP contribution in [0.2, 0.25) is 0 Å². The minimum Gasteiger partial charge on any atom is -0.462 e. The normalized spacial score (nSPS) is 13.9. The molecule has 2 unspecified atom stereocenters. The molecule has 0 aromatic carbocycles. The van der Waals surface area contributed by atoms with E-state index in [4.69, 9.17) is 37.0 Å². The van der Waals surface area contributed by atoms with Crippen LogP contribution in [-0.4, -0.2) is 96.7 Å². The molecule has 0 aromatic heterocycles. The maximum absolute atomic E-state index is 13.1. The Balaban J connectivity index is 5.16. The lowest BCUT2D eigenvalue weighted by Gasteiger charge is -2.21. The van der Waals surface area contributed by atoms with Gasteiger partial charge < -0.3 is 33.8 Å². The molecular weight excluding hydrogens is 1270 g/mol. The Hall–Kier alpha value is -1.94. The Morgan fingerprint density at radius 1 is 0.278 bits per heavy atom. The van der Waals surface area contributed by atoms with E-state index < -0.39 is 97.5 Å². The Bertz CT molecular complexity index is 1860. The van der Waals surface area contributed by atoms with Crippen molar-refractivity contribution in [2.24, 2.45) is 5.92 Å². The van der Waals surface area contributed by atoms with Crippen LogP contribution in [-0.2, 0) is 65.4 Å². The van der Waals surface area contributed by atoms with Gasteiger partial charge in [-0.2, -0.15) is 0 Å². The molecule has 19 heteroatoms. The van der Waals surface area contributed by atoms with Crippen LogP contribution in [0.3, 0.4) is 0 Å². The monoisotopic (exact) mass is 1420 g/mol. The second-order valence-corrected chi connectivity index (χ2v) is 31.5.